The van der Waals surface area contributed by atoms with Gasteiger partial charge < -0.3 is 4.90 Å². The van der Waals surface area contributed by atoms with Crippen LogP contribution in [0.25, 0.3) is 0 Å². The van der Waals surface area contributed by atoms with Gasteiger partial charge in [-0.05, 0) is 34.1 Å². The highest BCUT2D eigenvalue weighted by molar-refractivity contribution is 9.11. The number of carbonyl (C=O) groups is 1. The van der Waals surface area contributed by atoms with Crippen molar-refractivity contribution in [3.05, 3.63) is 27.1 Å². The molecule has 82 valence electrons. The Morgan fingerprint density at radius 2 is 2.19 bits per heavy atom. The Morgan fingerprint density at radius 3 is 2.81 bits per heavy atom. The van der Waals surface area contributed by atoms with Gasteiger partial charge in [-0.25, -0.2) is 0 Å². The predicted molar refractivity (Wildman–Crippen MR) is 67.9 cm³/mol. The van der Waals surface area contributed by atoms with Crippen LogP contribution in [0.5, 0.6) is 0 Å². The Labute approximate surface area is 110 Å². The monoisotopic (exact) mass is 342 g/mol. The average Bonchev–Trinajstić information content (AvgIpc) is 2.63. The third-order valence-electron chi connectivity index (χ3n) is 2.51. The number of halogens is 2. The highest BCUT2D eigenvalue weighted by Gasteiger charge is 2.31. The van der Waals surface area contributed by atoms with Gasteiger partial charge in [0.25, 0.3) is 0 Å². The zero-order chi connectivity index (χ0) is 11.7. The first-order chi connectivity index (χ1) is 7.61. The zero-order valence-electron chi connectivity index (χ0n) is 8.28. The Hall–Kier alpha value is -0.860. The smallest absolute Gasteiger partial charge is 0.228 e. The van der Waals surface area contributed by atoms with Gasteiger partial charge in [-0.2, -0.15) is 5.26 Å². The lowest BCUT2D eigenvalue weighted by Crippen LogP contribution is -2.24. The van der Waals surface area contributed by atoms with Crippen LogP contribution in [0.3, 0.4) is 0 Å². The normalized spacial score (nSPS) is 19.9. The van der Waals surface area contributed by atoms with Gasteiger partial charge in [-0.3, -0.25) is 4.79 Å². The van der Waals surface area contributed by atoms with Crippen LogP contribution in [-0.2, 0) is 4.79 Å². The van der Waals surface area contributed by atoms with Gasteiger partial charge in [0.05, 0.1) is 17.7 Å². The van der Waals surface area contributed by atoms with Crippen molar-refractivity contribution in [2.75, 3.05) is 11.4 Å². The molecule has 0 radical (unpaired) electrons. The van der Waals surface area contributed by atoms with Crippen molar-refractivity contribution in [1.82, 2.24) is 0 Å². The summed E-state index contributed by atoms with van der Waals surface area (Å²) in [5.41, 5.74) is 0.817. The lowest BCUT2D eigenvalue weighted by atomic mass is 10.1. The molecule has 0 saturated carbocycles. The maximum Gasteiger partial charge on any atom is 0.228 e. The molecule has 1 aromatic carbocycles. The van der Waals surface area contributed by atoms with Gasteiger partial charge in [0, 0.05) is 21.9 Å². The minimum absolute atomic E-state index is 0.00495. The molecule has 1 aromatic rings. The molecule has 0 aliphatic carbocycles. The lowest BCUT2D eigenvalue weighted by molar-refractivity contribution is -0.117. The van der Waals surface area contributed by atoms with E-state index in [1.807, 2.05) is 18.2 Å². The Morgan fingerprint density at radius 1 is 1.44 bits per heavy atom. The molecular formula is C11H8Br2N2O. The summed E-state index contributed by atoms with van der Waals surface area (Å²) in [6.45, 7) is 0.477. The number of nitriles is 1. The fraction of sp³-hybridized carbons (Fsp3) is 0.273. The van der Waals surface area contributed by atoms with Crippen LogP contribution in [0.1, 0.15) is 6.42 Å². The van der Waals surface area contributed by atoms with E-state index in [1.165, 1.54) is 0 Å². The molecular weight excluding hydrogens is 336 g/mol. The lowest BCUT2D eigenvalue weighted by Gasteiger charge is -2.17. The van der Waals surface area contributed by atoms with Crippen LogP contribution in [0.4, 0.5) is 5.69 Å². The van der Waals surface area contributed by atoms with Gasteiger partial charge in [-0.1, -0.05) is 15.9 Å². The minimum atomic E-state index is -0.196. The van der Waals surface area contributed by atoms with Crippen LogP contribution in [0.15, 0.2) is 27.1 Å². The third kappa shape index (κ3) is 2.13. The molecule has 1 heterocycles. The molecule has 1 fully saturated rings. The zero-order valence-corrected chi connectivity index (χ0v) is 11.5. The van der Waals surface area contributed by atoms with Crippen LogP contribution in [0, 0.1) is 17.2 Å². The van der Waals surface area contributed by atoms with Crippen molar-refractivity contribution < 1.29 is 4.79 Å². The number of hydrogen-bond donors (Lipinski definition) is 0. The van der Waals surface area contributed by atoms with E-state index >= 15 is 0 Å². The van der Waals surface area contributed by atoms with Crippen LogP contribution in [0.2, 0.25) is 0 Å². The molecule has 0 bridgehead atoms. The SMILES string of the molecule is N#CC1CC(=O)N(c2cc(Br)ccc2Br)C1. The van der Waals surface area contributed by atoms with E-state index in [9.17, 15) is 4.79 Å². The predicted octanol–water partition coefficient (Wildman–Crippen LogP) is 3.09. The van der Waals surface area contributed by atoms with Crippen molar-refractivity contribution in [2.24, 2.45) is 5.92 Å². The summed E-state index contributed by atoms with van der Waals surface area (Å²) in [7, 11) is 0. The van der Waals surface area contributed by atoms with Crippen LogP contribution in [-0.4, -0.2) is 12.5 Å². The highest BCUT2D eigenvalue weighted by atomic mass is 79.9. The molecule has 1 aliphatic heterocycles. The summed E-state index contributed by atoms with van der Waals surface area (Å²) in [6, 6.07) is 7.80. The average molecular weight is 344 g/mol. The van der Waals surface area contributed by atoms with Gasteiger partial charge in [-0.15, -0.1) is 0 Å². The Kier molecular flexibility index (Phi) is 3.31. The van der Waals surface area contributed by atoms with E-state index in [4.69, 9.17) is 5.26 Å². The maximum atomic E-state index is 11.7. The molecule has 3 nitrogen and oxygen atoms in total. The molecule has 1 aliphatic rings. The third-order valence-corrected chi connectivity index (χ3v) is 3.67. The van der Waals surface area contributed by atoms with E-state index in [1.54, 1.807) is 4.90 Å². The van der Waals surface area contributed by atoms with Gasteiger partial charge in [0.1, 0.15) is 0 Å². The molecule has 5 heteroatoms. The highest BCUT2D eigenvalue weighted by Crippen LogP contribution is 2.33. The van der Waals surface area contributed by atoms with Crippen molar-refractivity contribution in [3.63, 3.8) is 0 Å². The van der Waals surface area contributed by atoms with E-state index in [0.717, 1.165) is 14.6 Å². The second kappa shape index (κ2) is 4.56. The quantitative estimate of drug-likeness (QED) is 0.786. The summed E-state index contributed by atoms with van der Waals surface area (Å²) < 4.78 is 1.78. The van der Waals surface area contributed by atoms with Crippen LogP contribution >= 0.6 is 31.9 Å². The fourth-order valence-electron chi connectivity index (χ4n) is 1.72. The number of anilines is 1. The summed E-state index contributed by atoms with van der Waals surface area (Å²) in [6.07, 6.45) is 0.315. The topological polar surface area (TPSA) is 44.1 Å². The molecule has 2 rings (SSSR count). The van der Waals surface area contributed by atoms with E-state index < -0.39 is 0 Å². The van der Waals surface area contributed by atoms with Gasteiger partial charge in [0.2, 0.25) is 5.91 Å². The molecule has 0 spiro atoms. The summed E-state index contributed by atoms with van der Waals surface area (Å²) in [5, 5.41) is 8.82. The van der Waals surface area contributed by atoms with Crippen molar-refractivity contribution in [2.45, 2.75) is 6.42 Å². The summed E-state index contributed by atoms with van der Waals surface area (Å²) in [4.78, 5) is 13.4. The van der Waals surface area contributed by atoms with Crippen molar-refractivity contribution in [3.8, 4) is 6.07 Å². The summed E-state index contributed by atoms with van der Waals surface area (Å²) >= 11 is 6.78. The van der Waals surface area contributed by atoms with Gasteiger partial charge in [0.15, 0.2) is 0 Å². The number of amides is 1. The molecule has 1 atom stereocenters. The number of carbonyl (C=O) groups excluding carboxylic acids is 1. The largest absolute Gasteiger partial charge is 0.310 e. The number of rotatable bonds is 1. The second-order valence-corrected chi connectivity index (χ2v) is 5.40. The van der Waals surface area contributed by atoms with Gasteiger partial charge >= 0.3 is 0 Å². The Bertz CT molecular complexity index is 481. The van der Waals surface area contributed by atoms with Crippen molar-refractivity contribution >= 4 is 43.5 Å². The second-order valence-electron chi connectivity index (χ2n) is 3.63. The van der Waals surface area contributed by atoms with Crippen LogP contribution < -0.4 is 4.90 Å². The maximum absolute atomic E-state index is 11.7. The summed E-state index contributed by atoms with van der Waals surface area (Å²) in [5.74, 6) is -0.191. The molecule has 0 aromatic heterocycles. The molecule has 0 N–H and O–H groups in total. The Balaban J connectivity index is 2.35. The number of hydrogen-bond acceptors (Lipinski definition) is 2. The first-order valence-corrected chi connectivity index (χ1v) is 6.35. The molecule has 1 amide bonds. The molecule has 16 heavy (non-hydrogen) atoms. The number of nitrogens with zero attached hydrogens (tertiary/aromatic N) is 2. The molecule has 1 unspecified atom stereocenters. The first kappa shape index (κ1) is 11.6. The van der Waals surface area contributed by atoms with E-state index in [2.05, 4.69) is 37.9 Å². The fourth-order valence-corrected chi connectivity index (χ4v) is 2.53. The van der Waals surface area contributed by atoms with Crippen molar-refractivity contribution in [1.29, 1.82) is 5.26 Å². The first-order valence-electron chi connectivity index (χ1n) is 4.77. The minimum Gasteiger partial charge on any atom is -0.310 e. The van der Waals surface area contributed by atoms with E-state index in [-0.39, 0.29) is 11.8 Å². The number of benzene rings is 1. The molecule has 1 saturated heterocycles. The standard InChI is InChI=1S/C11H8Br2N2O/c12-8-1-2-9(13)10(4-8)15-6-7(5-14)3-11(15)16/h1-2,4,7H,3,6H2. The van der Waals surface area contributed by atoms with E-state index in [0.29, 0.717) is 13.0 Å².